The van der Waals surface area contributed by atoms with Gasteiger partial charge in [0.05, 0.1) is 0 Å². The average molecular weight is 533 g/mol. The van der Waals surface area contributed by atoms with Gasteiger partial charge in [-0.1, -0.05) is 125 Å². The molecule has 0 heterocycles. The molecular formula is C32H22BrOP. The molecule has 0 saturated carbocycles. The molecule has 0 bridgehead atoms. The maximum Gasteiger partial charge on any atom is 0.124 e. The van der Waals surface area contributed by atoms with Crippen LogP contribution in [0.15, 0.2) is 132 Å². The van der Waals surface area contributed by atoms with Crippen molar-refractivity contribution in [3.05, 3.63) is 132 Å². The predicted octanol–water partition coefficient (Wildman–Crippen LogP) is 7.89. The molecule has 0 amide bonds. The van der Waals surface area contributed by atoms with E-state index in [4.69, 9.17) is 0 Å². The third-order valence-corrected chi connectivity index (χ3v) is 9.36. The summed E-state index contributed by atoms with van der Waals surface area (Å²) in [6.45, 7) is 0. The first-order chi connectivity index (χ1) is 17.2. The predicted molar refractivity (Wildman–Crippen MR) is 155 cm³/mol. The third kappa shape index (κ3) is 4.04. The number of phenolic OH excluding ortho intramolecular Hbond substituents is 1. The second-order valence-corrected chi connectivity index (χ2v) is 11.6. The first kappa shape index (κ1) is 22.0. The minimum absolute atomic E-state index is 0.300. The maximum atomic E-state index is 11.3. The minimum Gasteiger partial charge on any atom is -0.507 e. The molecule has 0 aromatic heterocycles. The highest BCUT2D eigenvalue weighted by atomic mass is 79.9. The Morgan fingerprint density at radius 1 is 0.514 bits per heavy atom. The number of phenols is 1. The summed E-state index contributed by atoms with van der Waals surface area (Å²) in [7, 11) is -0.858. The molecule has 0 aliphatic rings. The highest BCUT2D eigenvalue weighted by molar-refractivity contribution is 9.10. The molecule has 168 valence electrons. The molecule has 6 aromatic rings. The van der Waals surface area contributed by atoms with Gasteiger partial charge in [-0.25, -0.2) is 0 Å². The number of hydrogen-bond donors (Lipinski definition) is 1. The molecule has 3 heteroatoms. The van der Waals surface area contributed by atoms with E-state index in [0.29, 0.717) is 5.75 Å². The van der Waals surface area contributed by atoms with E-state index < -0.39 is 7.92 Å². The zero-order valence-corrected chi connectivity index (χ0v) is 21.4. The van der Waals surface area contributed by atoms with Crippen LogP contribution in [0.4, 0.5) is 0 Å². The lowest BCUT2D eigenvalue weighted by Crippen LogP contribution is -2.22. The summed E-state index contributed by atoms with van der Waals surface area (Å²) in [6.07, 6.45) is 0. The van der Waals surface area contributed by atoms with Crippen molar-refractivity contribution in [2.24, 2.45) is 0 Å². The number of hydrogen-bond acceptors (Lipinski definition) is 1. The van der Waals surface area contributed by atoms with Crippen molar-refractivity contribution >= 4 is 61.3 Å². The Bertz CT molecular complexity index is 1620. The van der Waals surface area contributed by atoms with Gasteiger partial charge in [0.1, 0.15) is 5.75 Å². The van der Waals surface area contributed by atoms with E-state index in [-0.39, 0.29) is 0 Å². The fraction of sp³-hybridized carbons (Fsp3) is 0. The molecule has 0 atom stereocenters. The molecule has 1 N–H and O–H groups in total. The zero-order chi connectivity index (χ0) is 23.8. The lowest BCUT2D eigenvalue weighted by Gasteiger charge is -2.25. The molecule has 1 nitrogen and oxygen atoms in total. The third-order valence-electron chi connectivity index (χ3n) is 6.39. The molecule has 6 rings (SSSR count). The van der Waals surface area contributed by atoms with Crippen molar-refractivity contribution in [2.45, 2.75) is 0 Å². The molecule has 0 spiro atoms. The van der Waals surface area contributed by atoms with Gasteiger partial charge >= 0.3 is 0 Å². The summed E-state index contributed by atoms with van der Waals surface area (Å²) in [6, 6.07) is 44.5. The van der Waals surface area contributed by atoms with Crippen LogP contribution in [0.3, 0.4) is 0 Å². The zero-order valence-electron chi connectivity index (χ0n) is 18.9. The first-order valence-electron chi connectivity index (χ1n) is 11.5. The molecule has 6 aromatic carbocycles. The van der Waals surface area contributed by atoms with Crippen LogP contribution in [0.5, 0.6) is 5.75 Å². The summed E-state index contributed by atoms with van der Waals surface area (Å²) in [4.78, 5) is 0. The van der Waals surface area contributed by atoms with Crippen LogP contribution < -0.4 is 15.9 Å². The van der Waals surface area contributed by atoms with Gasteiger partial charge in [-0.3, -0.25) is 0 Å². The van der Waals surface area contributed by atoms with E-state index in [0.717, 1.165) is 37.1 Å². The smallest absolute Gasteiger partial charge is 0.124 e. The first-order valence-corrected chi connectivity index (χ1v) is 13.7. The number of benzene rings is 6. The standard InChI is InChI=1S/C32H22BrOP/c33-24-17-18-28-23(21-24)15-19-29(34)31(28)32-27-14-8-7-9-22(27)16-20-30(32)35(25-10-3-1-4-11-25)26-12-5-2-6-13-26/h1-21,34H. The van der Waals surface area contributed by atoms with Gasteiger partial charge in [-0.15, -0.1) is 0 Å². The molecule has 35 heavy (non-hydrogen) atoms. The van der Waals surface area contributed by atoms with Crippen LogP contribution in [-0.2, 0) is 0 Å². The van der Waals surface area contributed by atoms with E-state index in [1.807, 2.05) is 18.2 Å². The van der Waals surface area contributed by atoms with Crippen LogP contribution >= 0.6 is 23.9 Å². The van der Waals surface area contributed by atoms with Crippen molar-refractivity contribution < 1.29 is 5.11 Å². The molecule has 0 radical (unpaired) electrons. The average Bonchev–Trinajstić information content (AvgIpc) is 2.90. The summed E-state index contributed by atoms with van der Waals surface area (Å²) in [5.41, 5.74) is 1.99. The lowest BCUT2D eigenvalue weighted by molar-refractivity contribution is 0.478. The highest BCUT2D eigenvalue weighted by Crippen LogP contribution is 2.45. The summed E-state index contributed by atoms with van der Waals surface area (Å²) in [5.74, 6) is 0.300. The normalized spacial score (nSPS) is 11.4. The number of halogens is 1. The Labute approximate surface area is 214 Å². The largest absolute Gasteiger partial charge is 0.507 e. The molecule has 0 saturated heterocycles. The second-order valence-electron chi connectivity index (χ2n) is 8.51. The van der Waals surface area contributed by atoms with E-state index in [1.165, 1.54) is 15.9 Å². The van der Waals surface area contributed by atoms with E-state index in [9.17, 15) is 5.11 Å². The number of aromatic hydroxyl groups is 1. The van der Waals surface area contributed by atoms with Crippen LogP contribution in [0.25, 0.3) is 32.7 Å². The Hall–Kier alpha value is -3.45. The fourth-order valence-corrected chi connectivity index (χ4v) is 7.70. The van der Waals surface area contributed by atoms with Crippen molar-refractivity contribution in [1.82, 2.24) is 0 Å². The van der Waals surface area contributed by atoms with E-state index in [2.05, 4.69) is 125 Å². The maximum absolute atomic E-state index is 11.3. The van der Waals surface area contributed by atoms with Gasteiger partial charge in [0, 0.05) is 15.6 Å². The van der Waals surface area contributed by atoms with Gasteiger partial charge in [0.25, 0.3) is 0 Å². The van der Waals surface area contributed by atoms with Crippen molar-refractivity contribution in [1.29, 1.82) is 0 Å². The SMILES string of the molecule is Oc1ccc2cc(Br)ccc2c1-c1c(P(c2ccccc2)c2ccccc2)ccc2ccccc12. The minimum atomic E-state index is -0.858. The van der Waals surface area contributed by atoms with E-state index >= 15 is 0 Å². The van der Waals surface area contributed by atoms with E-state index in [1.54, 1.807) is 0 Å². The Balaban J connectivity index is 1.76. The molecular weight excluding hydrogens is 511 g/mol. The van der Waals surface area contributed by atoms with Gasteiger partial charge < -0.3 is 5.11 Å². The van der Waals surface area contributed by atoms with Crippen molar-refractivity contribution in [3.63, 3.8) is 0 Å². The van der Waals surface area contributed by atoms with Gasteiger partial charge in [-0.05, 0) is 63.6 Å². The summed E-state index contributed by atoms with van der Waals surface area (Å²) < 4.78 is 1.02. The molecule has 0 aliphatic carbocycles. The Morgan fingerprint density at radius 3 is 1.83 bits per heavy atom. The van der Waals surface area contributed by atoms with Crippen LogP contribution in [0.2, 0.25) is 0 Å². The second kappa shape index (κ2) is 9.30. The number of fused-ring (bicyclic) bond motifs is 2. The summed E-state index contributed by atoms with van der Waals surface area (Å²) >= 11 is 3.61. The Kier molecular flexibility index (Phi) is 5.86. The molecule has 0 unspecified atom stereocenters. The summed E-state index contributed by atoms with van der Waals surface area (Å²) in [5, 5.41) is 19.6. The topological polar surface area (TPSA) is 20.2 Å². The van der Waals surface area contributed by atoms with Crippen LogP contribution in [0, 0.1) is 0 Å². The van der Waals surface area contributed by atoms with Gasteiger partial charge in [0.2, 0.25) is 0 Å². The highest BCUT2D eigenvalue weighted by Gasteiger charge is 2.24. The lowest BCUT2D eigenvalue weighted by atomic mass is 9.93. The molecule has 0 fully saturated rings. The fourth-order valence-electron chi connectivity index (χ4n) is 4.84. The Morgan fingerprint density at radius 2 is 1.11 bits per heavy atom. The van der Waals surface area contributed by atoms with Crippen molar-refractivity contribution in [2.75, 3.05) is 0 Å². The van der Waals surface area contributed by atoms with Gasteiger partial charge in [0.15, 0.2) is 0 Å². The van der Waals surface area contributed by atoms with Gasteiger partial charge in [-0.2, -0.15) is 0 Å². The quantitative estimate of drug-likeness (QED) is 0.229. The van der Waals surface area contributed by atoms with Crippen LogP contribution in [-0.4, -0.2) is 5.11 Å². The number of rotatable bonds is 4. The monoisotopic (exact) mass is 532 g/mol. The molecule has 0 aliphatic heterocycles. The van der Waals surface area contributed by atoms with Crippen molar-refractivity contribution in [3.8, 4) is 16.9 Å². The van der Waals surface area contributed by atoms with Crippen LogP contribution in [0.1, 0.15) is 0 Å².